The number of rotatable bonds is 3. The van der Waals surface area contributed by atoms with Crippen molar-refractivity contribution in [1.82, 2.24) is 0 Å². The predicted octanol–water partition coefficient (Wildman–Crippen LogP) is 0.313. The Balaban J connectivity index is 2.17. The van der Waals surface area contributed by atoms with E-state index in [1.807, 2.05) is 0 Å². The van der Waals surface area contributed by atoms with Gasteiger partial charge in [0, 0.05) is 13.7 Å². The van der Waals surface area contributed by atoms with Crippen LogP contribution in [0.2, 0.25) is 0 Å². The standard InChI is InChI=1S/C7H12O4/c1-9-5-11-7(8)6-3-2-4-10-6/h6H,2-5H2,1H3. The molecule has 1 unspecified atom stereocenters. The largest absolute Gasteiger partial charge is 0.437 e. The highest BCUT2D eigenvalue weighted by molar-refractivity contribution is 5.74. The van der Waals surface area contributed by atoms with Crippen molar-refractivity contribution in [3.05, 3.63) is 0 Å². The zero-order valence-corrected chi connectivity index (χ0v) is 6.54. The molecule has 1 aliphatic rings. The average Bonchev–Trinajstić information content (AvgIpc) is 2.52. The van der Waals surface area contributed by atoms with E-state index in [9.17, 15) is 4.79 Å². The van der Waals surface area contributed by atoms with E-state index in [-0.39, 0.29) is 18.9 Å². The van der Waals surface area contributed by atoms with Gasteiger partial charge in [0.1, 0.15) is 0 Å². The molecule has 4 heteroatoms. The van der Waals surface area contributed by atoms with Crippen molar-refractivity contribution in [3.8, 4) is 0 Å². The molecule has 0 radical (unpaired) electrons. The minimum Gasteiger partial charge on any atom is -0.437 e. The molecule has 0 spiro atoms. The Labute approximate surface area is 65.4 Å². The fourth-order valence-electron chi connectivity index (χ4n) is 0.973. The van der Waals surface area contributed by atoms with Gasteiger partial charge in [0.15, 0.2) is 12.9 Å². The summed E-state index contributed by atoms with van der Waals surface area (Å²) < 4.78 is 14.3. The van der Waals surface area contributed by atoms with Gasteiger partial charge < -0.3 is 14.2 Å². The van der Waals surface area contributed by atoms with Crippen molar-refractivity contribution in [2.75, 3.05) is 20.5 Å². The van der Waals surface area contributed by atoms with E-state index in [0.717, 1.165) is 12.8 Å². The molecule has 64 valence electrons. The van der Waals surface area contributed by atoms with Crippen LogP contribution in [0.25, 0.3) is 0 Å². The molecule has 1 fully saturated rings. The minimum atomic E-state index is -0.356. The molecule has 0 aromatic heterocycles. The highest BCUT2D eigenvalue weighted by Crippen LogP contribution is 2.12. The Morgan fingerprint density at radius 3 is 3.09 bits per heavy atom. The molecule has 0 saturated carbocycles. The predicted molar refractivity (Wildman–Crippen MR) is 36.9 cm³/mol. The molecule has 0 amide bonds. The zero-order valence-electron chi connectivity index (χ0n) is 6.54. The van der Waals surface area contributed by atoms with Gasteiger partial charge in [-0.25, -0.2) is 4.79 Å². The Morgan fingerprint density at radius 2 is 2.55 bits per heavy atom. The summed E-state index contributed by atoms with van der Waals surface area (Å²) >= 11 is 0. The lowest BCUT2D eigenvalue weighted by molar-refractivity contribution is -0.164. The number of carbonyl (C=O) groups excluding carboxylic acids is 1. The second kappa shape index (κ2) is 4.31. The normalized spacial score (nSPS) is 23.5. The van der Waals surface area contributed by atoms with E-state index in [1.165, 1.54) is 7.11 Å². The van der Waals surface area contributed by atoms with Crippen LogP contribution in [0.4, 0.5) is 0 Å². The highest BCUT2D eigenvalue weighted by Gasteiger charge is 2.24. The molecular weight excluding hydrogens is 148 g/mol. The van der Waals surface area contributed by atoms with E-state index < -0.39 is 0 Å². The number of carbonyl (C=O) groups is 1. The summed E-state index contributed by atoms with van der Waals surface area (Å²) in [4.78, 5) is 11.0. The minimum absolute atomic E-state index is 0.0126. The van der Waals surface area contributed by atoms with Gasteiger partial charge in [-0.1, -0.05) is 0 Å². The quantitative estimate of drug-likeness (QED) is 0.440. The Morgan fingerprint density at radius 1 is 1.73 bits per heavy atom. The van der Waals surface area contributed by atoms with Crippen LogP contribution in [-0.2, 0) is 19.0 Å². The molecule has 1 heterocycles. The topological polar surface area (TPSA) is 44.8 Å². The molecule has 0 aliphatic carbocycles. The van der Waals surface area contributed by atoms with Gasteiger partial charge >= 0.3 is 5.97 Å². The molecule has 1 rings (SSSR count). The van der Waals surface area contributed by atoms with Crippen LogP contribution in [0.15, 0.2) is 0 Å². The van der Waals surface area contributed by atoms with Crippen LogP contribution in [-0.4, -0.2) is 32.6 Å². The Kier molecular flexibility index (Phi) is 3.32. The lowest BCUT2D eigenvalue weighted by Gasteiger charge is -2.07. The molecule has 1 saturated heterocycles. The summed E-state index contributed by atoms with van der Waals surface area (Å²) in [7, 11) is 1.47. The lowest BCUT2D eigenvalue weighted by Crippen LogP contribution is -2.22. The lowest BCUT2D eigenvalue weighted by atomic mass is 10.2. The van der Waals surface area contributed by atoms with E-state index in [2.05, 4.69) is 9.47 Å². The summed E-state index contributed by atoms with van der Waals surface area (Å²) in [6.45, 7) is 0.672. The third kappa shape index (κ3) is 2.48. The maximum Gasteiger partial charge on any atom is 0.337 e. The smallest absolute Gasteiger partial charge is 0.337 e. The summed E-state index contributed by atoms with van der Waals surface area (Å²) in [5, 5.41) is 0. The molecule has 4 nitrogen and oxygen atoms in total. The van der Waals surface area contributed by atoms with Crippen LogP contribution in [0.1, 0.15) is 12.8 Å². The number of methoxy groups -OCH3 is 1. The number of ether oxygens (including phenoxy) is 3. The van der Waals surface area contributed by atoms with Crippen LogP contribution in [0.3, 0.4) is 0 Å². The number of esters is 1. The molecule has 0 aromatic rings. The van der Waals surface area contributed by atoms with E-state index in [0.29, 0.717) is 6.61 Å². The zero-order chi connectivity index (χ0) is 8.10. The molecule has 1 atom stereocenters. The summed E-state index contributed by atoms with van der Waals surface area (Å²) in [5.41, 5.74) is 0. The van der Waals surface area contributed by atoms with Gasteiger partial charge in [0.25, 0.3) is 0 Å². The molecular formula is C7H12O4. The SMILES string of the molecule is COCOC(=O)C1CCCO1. The molecule has 11 heavy (non-hydrogen) atoms. The summed E-state index contributed by atoms with van der Waals surface area (Å²) in [5.74, 6) is -0.315. The van der Waals surface area contributed by atoms with E-state index >= 15 is 0 Å². The second-order valence-corrected chi connectivity index (χ2v) is 2.37. The maximum absolute atomic E-state index is 11.0. The van der Waals surface area contributed by atoms with Crippen molar-refractivity contribution < 1.29 is 19.0 Å². The first-order chi connectivity index (χ1) is 5.34. The first-order valence-electron chi connectivity index (χ1n) is 3.62. The summed E-state index contributed by atoms with van der Waals surface area (Å²) in [6.07, 6.45) is 1.35. The van der Waals surface area contributed by atoms with Gasteiger partial charge in [-0.2, -0.15) is 0 Å². The van der Waals surface area contributed by atoms with Crippen molar-refractivity contribution in [2.45, 2.75) is 18.9 Å². The maximum atomic E-state index is 11.0. The third-order valence-corrected chi connectivity index (χ3v) is 1.51. The van der Waals surface area contributed by atoms with Gasteiger partial charge in [0.2, 0.25) is 0 Å². The summed E-state index contributed by atoms with van der Waals surface area (Å²) in [6, 6.07) is 0. The van der Waals surface area contributed by atoms with E-state index in [4.69, 9.17) is 4.74 Å². The Hall–Kier alpha value is -0.610. The van der Waals surface area contributed by atoms with Crippen molar-refractivity contribution in [2.24, 2.45) is 0 Å². The first-order valence-corrected chi connectivity index (χ1v) is 3.62. The first kappa shape index (κ1) is 8.49. The molecule has 0 bridgehead atoms. The van der Waals surface area contributed by atoms with Gasteiger partial charge in [-0.3, -0.25) is 0 Å². The van der Waals surface area contributed by atoms with Crippen LogP contribution in [0, 0.1) is 0 Å². The monoisotopic (exact) mass is 160 g/mol. The fraction of sp³-hybridized carbons (Fsp3) is 0.857. The van der Waals surface area contributed by atoms with Gasteiger partial charge in [0.05, 0.1) is 0 Å². The molecule has 1 aliphatic heterocycles. The second-order valence-electron chi connectivity index (χ2n) is 2.37. The van der Waals surface area contributed by atoms with Crippen molar-refractivity contribution >= 4 is 5.97 Å². The van der Waals surface area contributed by atoms with Crippen LogP contribution < -0.4 is 0 Å². The fourth-order valence-corrected chi connectivity index (χ4v) is 0.973. The van der Waals surface area contributed by atoms with Crippen molar-refractivity contribution in [1.29, 1.82) is 0 Å². The van der Waals surface area contributed by atoms with Crippen LogP contribution >= 0.6 is 0 Å². The third-order valence-electron chi connectivity index (χ3n) is 1.51. The van der Waals surface area contributed by atoms with Gasteiger partial charge in [-0.15, -0.1) is 0 Å². The molecule has 0 aromatic carbocycles. The highest BCUT2D eigenvalue weighted by atomic mass is 16.7. The van der Waals surface area contributed by atoms with Crippen LogP contribution in [0.5, 0.6) is 0 Å². The van der Waals surface area contributed by atoms with Gasteiger partial charge in [-0.05, 0) is 12.8 Å². The van der Waals surface area contributed by atoms with E-state index in [1.54, 1.807) is 0 Å². The Bertz CT molecular complexity index is 128. The molecule has 0 N–H and O–H groups in total. The van der Waals surface area contributed by atoms with Crippen molar-refractivity contribution in [3.63, 3.8) is 0 Å². The number of hydrogen-bond acceptors (Lipinski definition) is 4. The number of hydrogen-bond donors (Lipinski definition) is 0. The average molecular weight is 160 g/mol.